The molecule has 0 spiro atoms. The van der Waals surface area contributed by atoms with E-state index >= 15 is 0 Å². The first-order chi connectivity index (χ1) is 13.9. The van der Waals surface area contributed by atoms with Gasteiger partial charge in [0.2, 0.25) is 0 Å². The molecule has 156 valence electrons. The fourth-order valence-electron chi connectivity index (χ4n) is 3.59. The molecule has 1 aliphatic rings. The first kappa shape index (κ1) is 21.7. The molecule has 1 heterocycles. The Morgan fingerprint density at radius 3 is 2.72 bits per heavy atom. The molecule has 29 heavy (non-hydrogen) atoms. The first-order valence-electron chi connectivity index (χ1n) is 10.1. The van der Waals surface area contributed by atoms with Crippen molar-refractivity contribution in [3.8, 4) is 5.75 Å². The van der Waals surface area contributed by atoms with E-state index in [1.165, 1.54) is 0 Å². The van der Waals surface area contributed by atoms with Crippen molar-refractivity contribution in [3.05, 3.63) is 70.8 Å². The van der Waals surface area contributed by atoms with Gasteiger partial charge >= 0.3 is 0 Å². The predicted molar refractivity (Wildman–Crippen MR) is 119 cm³/mol. The number of rotatable bonds is 8. The van der Waals surface area contributed by atoms with E-state index in [-0.39, 0.29) is 12.2 Å². The van der Waals surface area contributed by atoms with E-state index in [0.717, 1.165) is 27.6 Å². The third-order valence-corrected chi connectivity index (χ3v) is 5.22. The predicted octanol–water partition coefficient (Wildman–Crippen LogP) is 6.16. The van der Waals surface area contributed by atoms with Gasteiger partial charge in [-0.3, -0.25) is 0 Å². The number of ether oxygens (including phenoxy) is 3. The number of hydrogen-bond donors (Lipinski definition) is 1. The highest BCUT2D eigenvalue weighted by Crippen LogP contribution is 2.44. The zero-order valence-corrected chi connectivity index (χ0v) is 18.3. The lowest BCUT2D eigenvalue weighted by atomic mass is 9.88. The van der Waals surface area contributed by atoms with Gasteiger partial charge in [0.05, 0.1) is 6.61 Å². The smallest absolute Gasteiger partial charge is 0.132 e. The fraction of sp³-hybridized carbons (Fsp3) is 0.417. The molecule has 0 fully saturated rings. The van der Waals surface area contributed by atoms with Gasteiger partial charge in [-0.25, -0.2) is 0 Å². The molecular weight excluding hydrogens is 386 g/mol. The molecule has 0 aliphatic carbocycles. The third kappa shape index (κ3) is 5.33. The zero-order chi connectivity index (χ0) is 20.9. The van der Waals surface area contributed by atoms with Crippen molar-refractivity contribution in [2.75, 3.05) is 18.5 Å². The van der Waals surface area contributed by atoms with Crippen molar-refractivity contribution in [1.29, 1.82) is 0 Å². The monoisotopic (exact) mass is 415 g/mol. The number of allylic oxidation sites excluding steroid dienone is 1. The fourth-order valence-corrected chi connectivity index (χ4v) is 3.81. The quantitative estimate of drug-likeness (QED) is 0.524. The van der Waals surface area contributed by atoms with E-state index in [2.05, 4.69) is 17.4 Å². The lowest BCUT2D eigenvalue weighted by Crippen LogP contribution is -2.51. The molecule has 0 saturated carbocycles. The second-order valence-electron chi connectivity index (χ2n) is 7.64. The summed E-state index contributed by atoms with van der Waals surface area (Å²) in [7, 11) is 0. The van der Waals surface area contributed by atoms with Crippen LogP contribution in [0.15, 0.2) is 54.6 Å². The van der Waals surface area contributed by atoms with Gasteiger partial charge in [-0.1, -0.05) is 35.9 Å². The summed E-state index contributed by atoms with van der Waals surface area (Å²) in [4.78, 5) is 0. The van der Waals surface area contributed by atoms with Gasteiger partial charge in [-0.2, -0.15) is 0 Å². The van der Waals surface area contributed by atoms with Crippen molar-refractivity contribution in [2.45, 2.75) is 52.0 Å². The molecular formula is C24H30ClNO3. The average molecular weight is 416 g/mol. The molecule has 1 N–H and O–H groups in total. The van der Waals surface area contributed by atoms with Crippen molar-refractivity contribution >= 4 is 17.3 Å². The standard InChI is InChI=1S/C24H30ClNO3/c1-5-7-13-28-23-22(27-6-2)20-15-19(11-12-21(20)29-24(23,3)4)26-16-17-9-8-10-18(25)14-17/h5,7-12,14-15,22-23,26H,6,13,16H2,1-4H3. The van der Waals surface area contributed by atoms with E-state index in [4.69, 9.17) is 25.8 Å². The second-order valence-corrected chi connectivity index (χ2v) is 8.08. The van der Waals surface area contributed by atoms with E-state index in [0.29, 0.717) is 19.8 Å². The molecule has 0 amide bonds. The molecule has 0 bridgehead atoms. The number of benzene rings is 2. The summed E-state index contributed by atoms with van der Waals surface area (Å²) in [6, 6.07) is 14.0. The summed E-state index contributed by atoms with van der Waals surface area (Å²) in [5.41, 5.74) is 2.64. The first-order valence-corrected chi connectivity index (χ1v) is 10.5. The highest BCUT2D eigenvalue weighted by Gasteiger charge is 2.45. The van der Waals surface area contributed by atoms with Gasteiger partial charge < -0.3 is 19.5 Å². The Balaban J connectivity index is 1.84. The van der Waals surface area contributed by atoms with E-state index in [1.807, 2.05) is 70.2 Å². The van der Waals surface area contributed by atoms with Crippen LogP contribution in [0.4, 0.5) is 5.69 Å². The molecule has 2 aromatic carbocycles. The van der Waals surface area contributed by atoms with Crippen LogP contribution in [0.2, 0.25) is 5.02 Å². The van der Waals surface area contributed by atoms with Gasteiger partial charge in [-0.05, 0) is 63.6 Å². The molecule has 2 atom stereocenters. The maximum absolute atomic E-state index is 6.30. The lowest BCUT2D eigenvalue weighted by Gasteiger charge is -2.44. The Morgan fingerprint density at radius 1 is 1.17 bits per heavy atom. The summed E-state index contributed by atoms with van der Waals surface area (Å²) >= 11 is 6.09. The van der Waals surface area contributed by atoms with Crippen LogP contribution < -0.4 is 10.1 Å². The largest absolute Gasteiger partial charge is 0.485 e. The van der Waals surface area contributed by atoms with Crippen molar-refractivity contribution in [2.24, 2.45) is 0 Å². The Hall–Kier alpha value is -2.01. The number of halogens is 1. The number of nitrogens with one attached hydrogen (secondary N) is 1. The van der Waals surface area contributed by atoms with Crippen LogP contribution in [-0.2, 0) is 16.0 Å². The maximum Gasteiger partial charge on any atom is 0.132 e. The van der Waals surface area contributed by atoms with Crippen LogP contribution in [0, 0.1) is 0 Å². The second kappa shape index (κ2) is 9.66. The Labute approximate surface area is 178 Å². The minimum atomic E-state index is -0.496. The molecule has 2 unspecified atom stereocenters. The summed E-state index contributed by atoms with van der Waals surface area (Å²) in [6.45, 7) is 9.91. The summed E-state index contributed by atoms with van der Waals surface area (Å²) in [5.74, 6) is 0.840. The van der Waals surface area contributed by atoms with Gasteiger partial charge in [-0.15, -0.1) is 0 Å². The number of hydrogen-bond acceptors (Lipinski definition) is 4. The molecule has 0 aromatic heterocycles. The van der Waals surface area contributed by atoms with Gasteiger partial charge in [0.25, 0.3) is 0 Å². The molecule has 1 aliphatic heterocycles. The van der Waals surface area contributed by atoms with E-state index in [9.17, 15) is 0 Å². The van der Waals surface area contributed by atoms with Gasteiger partial charge in [0.15, 0.2) is 0 Å². The van der Waals surface area contributed by atoms with Crippen LogP contribution in [0.3, 0.4) is 0 Å². The van der Waals surface area contributed by atoms with Crippen molar-refractivity contribution < 1.29 is 14.2 Å². The Morgan fingerprint density at radius 2 is 2.00 bits per heavy atom. The van der Waals surface area contributed by atoms with Gasteiger partial charge in [0.1, 0.15) is 23.6 Å². The van der Waals surface area contributed by atoms with E-state index < -0.39 is 5.60 Å². The highest BCUT2D eigenvalue weighted by molar-refractivity contribution is 6.30. The summed E-state index contributed by atoms with van der Waals surface area (Å²) in [5, 5.41) is 4.21. The Kier molecular flexibility index (Phi) is 7.23. The van der Waals surface area contributed by atoms with Crippen molar-refractivity contribution in [1.82, 2.24) is 0 Å². The van der Waals surface area contributed by atoms with Crippen LogP contribution in [-0.4, -0.2) is 24.9 Å². The van der Waals surface area contributed by atoms with Crippen LogP contribution >= 0.6 is 11.6 Å². The molecule has 4 nitrogen and oxygen atoms in total. The Bertz CT molecular complexity index is 850. The minimum absolute atomic E-state index is 0.197. The summed E-state index contributed by atoms with van der Waals surface area (Å²) < 4.78 is 18.6. The molecule has 5 heteroatoms. The van der Waals surface area contributed by atoms with Crippen LogP contribution in [0.5, 0.6) is 5.75 Å². The normalized spacial score (nSPS) is 20.3. The molecule has 3 rings (SSSR count). The maximum atomic E-state index is 6.30. The number of anilines is 1. The molecule has 0 saturated heterocycles. The zero-order valence-electron chi connectivity index (χ0n) is 17.6. The number of fused-ring (bicyclic) bond motifs is 1. The van der Waals surface area contributed by atoms with Crippen LogP contribution in [0.1, 0.15) is 44.9 Å². The third-order valence-electron chi connectivity index (χ3n) is 4.99. The minimum Gasteiger partial charge on any atom is -0.485 e. The van der Waals surface area contributed by atoms with Crippen LogP contribution in [0.25, 0.3) is 0 Å². The lowest BCUT2D eigenvalue weighted by molar-refractivity contribution is -0.155. The topological polar surface area (TPSA) is 39.7 Å². The van der Waals surface area contributed by atoms with Crippen molar-refractivity contribution in [3.63, 3.8) is 0 Å². The summed E-state index contributed by atoms with van der Waals surface area (Å²) in [6.07, 6.45) is 3.57. The molecule has 0 radical (unpaired) electrons. The van der Waals surface area contributed by atoms with E-state index in [1.54, 1.807) is 0 Å². The SMILES string of the molecule is CC=CCOC1C(OCC)c2cc(NCc3cccc(Cl)c3)ccc2OC1(C)C. The molecule has 2 aromatic rings. The average Bonchev–Trinajstić information content (AvgIpc) is 2.68. The van der Waals surface area contributed by atoms with Gasteiger partial charge in [0, 0.05) is 29.4 Å². The highest BCUT2D eigenvalue weighted by atomic mass is 35.5.